The molecule has 2 saturated heterocycles. The first-order valence-electron chi connectivity index (χ1n) is 9.53. The second kappa shape index (κ2) is 7.62. The molecule has 27 heavy (non-hydrogen) atoms. The lowest BCUT2D eigenvalue weighted by atomic mass is 10.1. The Morgan fingerprint density at radius 2 is 1.70 bits per heavy atom. The normalized spacial score (nSPS) is 20.8. The van der Waals surface area contributed by atoms with Gasteiger partial charge in [-0.05, 0) is 45.0 Å². The Balaban J connectivity index is 1.57. The fraction of sp³-hybridized carbons (Fsp3) is 0.524. The summed E-state index contributed by atoms with van der Waals surface area (Å²) in [6, 6.07) is 8.10. The Bertz CT molecular complexity index is 700. The van der Waals surface area contributed by atoms with Gasteiger partial charge in [0.25, 0.3) is 0 Å². The monoisotopic (exact) mass is 371 g/mol. The van der Waals surface area contributed by atoms with Gasteiger partial charge >= 0.3 is 6.09 Å². The van der Waals surface area contributed by atoms with Gasteiger partial charge in [-0.3, -0.25) is 4.79 Å². The minimum absolute atomic E-state index is 0.152. The van der Waals surface area contributed by atoms with Crippen molar-refractivity contribution in [1.29, 1.82) is 0 Å². The third-order valence-electron chi connectivity index (χ3n) is 4.95. The molecule has 2 amide bonds. The topological polar surface area (TPSA) is 53.1 Å². The van der Waals surface area contributed by atoms with Crippen LogP contribution < -0.4 is 9.80 Å². The van der Waals surface area contributed by atoms with Crippen molar-refractivity contribution in [3.05, 3.63) is 36.9 Å². The molecule has 0 radical (unpaired) electrons. The molecule has 0 bridgehead atoms. The molecule has 0 N–H and O–H groups in total. The van der Waals surface area contributed by atoms with Crippen molar-refractivity contribution < 1.29 is 14.3 Å². The van der Waals surface area contributed by atoms with E-state index in [1.54, 1.807) is 4.90 Å². The van der Waals surface area contributed by atoms with E-state index in [9.17, 15) is 9.59 Å². The zero-order valence-electron chi connectivity index (χ0n) is 16.5. The SMILES string of the molecule is C=CC1CC(=O)N(c2ccc(N3CCN(C(=O)OC(C)(C)C)CC3)cc2)C1. The van der Waals surface area contributed by atoms with Gasteiger partial charge in [0.15, 0.2) is 0 Å². The van der Waals surface area contributed by atoms with Gasteiger partial charge < -0.3 is 19.4 Å². The van der Waals surface area contributed by atoms with E-state index in [4.69, 9.17) is 4.74 Å². The number of hydrogen-bond acceptors (Lipinski definition) is 4. The molecule has 1 aromatic rings. The highest BCUT2D eigenvalue weighted by Crippen LogP contribution is 2.28. The Kier molecular flexibility index (Phi) is 5.44. The maximum atomic E-state index is 12.2. The summed E-state index contributed by atoms with van der Waals surface area (Å²) in [4.78, 5) is 30.2. The van der Waals surface area contributed by atoms with Crippen LogP contribution in [-0.2, 0) is 9.53 Å². The minimum Gasteiger partial charge on any atom is -0.444 e. The van der Waals surface area contributed by atoms with E-state index in [1.165, 1.54) is 0 Å². The Labute approximate surface area is 161 Å². The minimum atomic E-state index is -0.471. The molecule has 1 unspecified atom stereocenters. The molecule has 0 aromatic heterocycles. The molecule has 0 saturated carbocycles. The Morgan fingerprint density at radius 3 is 2.22 bits per heavy atom. The van der Waals surface area contributed by atoms with Crippen molar-refractivity contribution in [3.8, 4) is 0 Å². The maximum Gasteiger partial charge on any atom is 0.410 e. The van der Waals surface area contributed by atoms with Gasteiger partial charge in [0.1, 0.15) is 5.60 Å². The van der Waals surface area contributed by atoms with E-state index in [1.807, 2.05) is 56.0 Å². The second-order valence-corrected chi connectivity index (χ2v) is 8.18. The molecule has 1 atom stereocenters. The standard InChI is InChI=1S/C21H29N3O3/c1-5-16-14-19(25)24(15-16)18-8-6-17(7-9-18)22-10-12-23(13-11-22)20(26)27-21(2,3)4/h5-9,16H,1,10-15H2,2-4H3. The van der Waals surface area contributed by atoms with Gasteiger partial charge in [-0.2, -0.15) is 0 Å². The molecule has 1 aromatic carbocycles. The van der Waals surface area contributed by atoms with Crippen molar-refractivity contribution in [2.24, 2.45) is 5.92 Å². The molecular weight excluding hydrogens is 342 g/mol. The van der Waals surface area contributed by atoms with Gasteiger partial charge in [-0.15, -0.1) is 6.58 Å². The fourth-order valence-electron chi connectivity index (χ4n) is 3.46. The van der Waals surface area contributed by atoms with Crippen LogP contribution in [0.4, 0.5) is 16.2 Å². The van der Waals surface area contributed by atoms with Crippen molar-refractivity contribution >= 4 is 23.4 Å². The average Bonchev–Trinajstić information content (AvgIpc) is 3.01. The van der Waals surface area contributed by atoms with Crippen LogP contribution in [0.2, 0.25) is 0 Å². The van der Waals surface area contributed by atoms with E-state index in [0.29, 0.717) is 26.1 Å². The van der Waals surface area contributed by atoms with Crippen LogP contribution in [0.25, 0.3) is 0 Å². The van der Waals surface area contributed by atoms with Crippen LogP contribution in [0.3, 0.4) is 0 Å². The van der Waals surface area contributed by atoms with Crippen LogP contribution in [0, 0.1) is 5.92 Å². The predicted molar refractivity (Wildman–Crippen MR) is 107 cm³/mol. The Morgan fingerprint density at radius 1 is 1.11 bits per heavy atom. The number of carbonyl (C=O) groups excluding carboxylic acids is 2. The van der Waals surface area contributed by atoms with E-state index in [2.05, 4.69) is 11.5 Å². The number of ether oxygens (including phenoxy) is 1. The van der Waals surface area contributed by atoms with Gasteiger partial charge in [0.2, 0.25) is 5.91 Å². The van der Waals surface area contributed by atoms with Crippen molar-refractivity contribution in [1.82, 2.24) is 4.90 Å². The summed E-state index contributed by atoms with van der Waals surface area (Å²) in [7, 11) is 0. The number of benzene rings is 1. The number of amides is 2. The molecular formula is C21H29N3O3. The van der Waals surface area contributed by atoms with E-state index < -0.39 is 5.60 Å². The van der Waals surface area contributed by atoms with Crippen LogP contribution in [0.1, 0.15) is 27.2 Å². The summed E-state index contributed by atoms with van der Waals surface area (Å²) in [5.41, 5.74) is 1.57. The largest absolute Gasteiger partial charge is 0.444 e. The number of rotatable bonds is 3. The van der Waals surface area contributed by atoms with Crippen molar-refractivity contribution in [2.45, 2.75) is 32.8 Å². The molecule has 6 nitrogen and oxygen atoms in total. The maximum absolute atomic E-state index is 12.2. The molecule has 0 spiro atoms. The lowest BCUT2D eigenvalue weighted by molar-refractivity contribution is -0.117. The molecule has 146 valence electrons. The van der Waals surface area contributed by atoms with Crippen LogP contribution in [-0.4, -0.2) is 55.2 Å². The zero-order valence-corrected chi connectivity index (χ0v) is 16.5. The third-order valence-corrected chi connectivity index (χ3v) is 4.95. The highest BCUT2D eigenvalue weighted by atomic mass is 16.6. The van der Waals surface area contributed by atoms with Crippen LogP contribution in [0.15, 0.2) is 36.9 Å². The third kappa shape index (κ3) is 4.62. The number of nitrogens with zero attached hydrogens (tertiary/aromatic N) is 3. The number of carbonyl (C=O) groups is 2. The number of hydrogen-bond donors (Lipinski definition) is 0. The summed E-state index contributed by atoms with van der Waals surface area (Å²) in [6.07, 6.45) is 2.15. The molecule has 2 fully saturated rings. The van der Waals surface area contributed by atoms with Gasteiger partial charge in [0.05, 0.1) is 0 Å². The highest BCUT2D eigenvalue weighted by molar-refractivity contribution is 5.96. The molecule has 2 aliphatic heterocycles. The van der Waals surface area contributed by atoms with Crippen molar-refractivity contribution in [2.75, 3.05) is 42.5 Å². The lowest BCUT2D eigenvalue weighted by Gasteiger charge is -2.36. The van der Waals surface area contributed by atoms with Crippen molar-refractivity contribution in [3.63, 3.8) is 0 Å². The molecule has 6 heteroatoms. The molecule has 2 aliphatic rings. The first-order valence-corrected chi connectivity index (χ1v) is 9.53. The lowest BCUT2D eigenvalue weighted by Crippen LogP contribution is -2.50. The summed E-state index contributed by atoms with van der Waals surface area (Å²) < 4.78 is 5.44. The smallest absolute Gasteiger partial charge is 0.410 e. The van der Waals surface area contributed by atoms with E-state index in [0.717, 1.165) is 24.5 Å². The molecule has 2 heterocycles. The quantitative estimate of drug-likeness (QED) is 0.765. The summed E-state index contributed by atoms with van der Waals surface area (Å²) >= 11 is 0. The predicted octanol–water partition coefficient (Wildman–Crippen LogP) is 3.28. The molecule has 3 rings (SSSR count). The second-order valence-electron chi connectivity index (χ2n) is 8.18. The first kappa shape index (κ1) is 19.3. The van der Waals surface area contributed by atoms with Gasteiger partial charge in [-0.1, -0.05) is 6.08 Å². The summed E-state index contributed by atoms with van der Waals surface area (Å²) in [6.45, 7) is 13.0. The number of anilines is 2. The van der Waals surface area contributed by atoms with E-state index in [-0.39, 0.29) is 17.9 Å². The highest BCUT2D eigenvalue weighted by Gasteiger charge is 2.29. The Hall–Kier alpha value is -2.50. The average molecular weight is 371 g/mol. The van der Waals surface area contributed by atoms with Crippen LogP contribution in [0.5, 0.6) is 0 Å². The summed E-state index contributed by atoms with van der Waals surface area (Å²) in [5, 5.41) is 0. The zero-order chi connectivity index (χ0) is 19.6. The fourth-order valence-corrected chi connectivity index (χ4v) is 3.46. The first-order chi connectivity index (χ1) is 12.8. The number of piperazine rings is 1. The van der Waals surface area contributed by atoms with Gasteiger partial charge in [0, 0.05) is 56.4 Å². The summed E-state index contributed by atoms with van der Waals surface area (Å²) in [5.74, 6) is 0.386. The van der Waals surface area contributed by atoms with E-state index >= 15 is 0 Å². The van der Waals surface area contributed by atoms with Crippen LogP contribution >= 0.6 is 0 Å². The molecule has 0 aliphatic carbocycles. The van der Waals surface area contributed by atoms with Gasteiger partial charge in [-0.25, -0.2) is 4.79 Å².